The standard InChI is InChI=1S/C30H30N2O/c1-29(2,31-23-24-15-7-3-8-16-24)28(33)32-30(25-17-9-4-10-18-25,26-19-11-5-12-20-26)27-21-13-6-14-22-27/h3-22,31H,23H2,1-2H3,(H,32,33). The van der Waals surface area contributed by atoms with Crippen LogP contribution in [0.4, 0.5) is 0 Å². The van der Waals surface area contributed by atoms with E-state index in [1.165, 1.54) is 0 Å². The van der Waals surface area contributed by atoms with E-state index in [9.17, 15) is 4.79 Å². The van der Waals surface area contributed by atoms with E-state index >= 15 is 0 Å². The fourth-order valence-electron chi connectivity index (χ4n) is 4.11. The predicted octanol–water partition coefficient (Wildman–Crippen LogP) is 5.66. The largest absolute Gasteiger partial charge is 0.337 e. The molecule has 3 nitrogen and oxygen atoms in total. The molecule has 0 aliphatic rings. The first kappa shape index (κ1) is 22.5. The van der Waals surface area contributed by atoms with Crippen LogP contribution in [0.2, 0.25) is 0 Å². The SMILES string of the molecule is CC(C)(NCc1ccccc1)C(=O)NC(c1ccccc1)(c1ccccc1)c1ccccc1. The zero-order chi connectivity index (χ0) is 23.2. The highest BCUT2D eigenvalue weighted by Gasteiger charge is 2.41. The lowest BCUT2D eigenvalue weighted by molar-refractivity contribution is -0.127. The van der Waals surface area contributed by atoms with Crippen molar-refractivity contribution in [3.8, 4) is 0 Å². The average molecular weight is 435 g/mol. The number of rotatable bonds is 8. The van der Waals surface area contributed by atoms with Gasteiger partial charge in [0.15, 0.2) is 0 Å². The van der Waals surface area contributed by atoms with Gasteiger partial charge in [0.05, 0.1) is 5.54 Å². The van der Waals surface area contributed by atoms with Gasteiger partial charge >= 0.3 is 0 Å². The van der Waals surface area contributed by atoms with Crippen LogP contribution in [0, 0.1) is 0 Å². The van der Waals surface area contributed by atoms with E-state index < -0.39 is 11.1 Å². The van der Waals surface area contributed by atoms with Crippen LogP contribution in [0.25, 0.3) is 0 Å². The molecular formula is C30H30N2O. The topological polar surface area (TPSA) is 41.1 Å². The first-order valence-corrected chi connectivity index (χ1v) is 11.3. The van der Waals surface area contributed by atoms with E-state index in [0.717, 1.165) is 22.3 Å². The maximum absolute atomic E-state index is 13.8. The quantitative estimate of drug-likeness (QED) is 0.351. The normalized spacial score (nSPS) is 11.7. The van der Waals surface area contributed by atoms with Crippen LogP contribution in [0.1, 0.15) is 36.1 Å². The van der Waals surface area contributed by atoms with Crippen LogP contribution in [0.5, 0.6) is 0 Å². The van der Waals surface area contributed by atoms with Crippen molar-refractivity contribution in [3.63, 3.8) is 0 Å². The number of amides is 1. The molecule has 0 radical (unpaired) electrons. The fourth-order valence-corrected chi connectivity index (χ4v) is 4.11. The zero-order valence-electron chi connectivity index (χ0n) is 19.2. The van der Waals surface area contributed by atoms with Crippen LogP contribution in [-0.4, -0.2) is 11.4 Å². The molecule has 0 saturated carbocycles. The Morgan fingerprint density at radius 1 is 0.606 bits per heavy atom. The molecule has 4 aromatic carbocycles. The van der Waals surface area contributed by atoms with Crippen molar-refractivity contribution >= 4 is 5.91 Å². The lowest BCUT2D eigenvalue weighted by Gasteiger charge is -2.39. The Balaban J connectivity index is 1.76. The first-order valence-electron chi connectivity index (χ1n) is 11.3. The molecule has 33 heavy (non-hydrogen) atoms. The summed E-state index contributed by atoms with van der Waals surface area (Å²) < 4.78 is 0. The fraction of sp³-hybridized carbons (Fsp3) is 0.167. The van der Waals surface area contributed by atoms with Gasteiger partial charge in [-0.2, -0.15) is 0 Å². The van der Waals surface area contributed by atoms with E-state index in [-0.39, 0.29) is 5.91 Å². The van der Waals surface area contributed by atoms with Gasteiger partial charge < -0.3 is 5.32 Å². The number of carbonyl (C=O) groups excluding carboxylic acids is 1. The molecule has 0 bridgehead atoms. The average Bonchev–Trinajstić information content (AvgIpc) is 2.88. The van der Waals surface area contributed by atoms with Gasteiger partial charge in [-0.3, -0.25) is 10.1 Å². The van der Waals surface area contributed by atoms with Gasteiger partial charge in [-0.15, -0.1) is 0 Å². The van der Waals surface area contributed by atoms with Gasteiger partial charge in [0, 0.05) is 6.54 Å². The summed E-state index contributed by atoms with van der Waals surface area (Å²) in [5.74, 6) is -0.0741. The number of hydrogen-bond donors (Lipinski definition) is 2. The molecule has 0 unspecified atom stereocenters. The second kappa shape index (κ2) is 9.85. The summed E-state index contributed by atoms with van der Waals surface area (Å²) in [7, 11) is 0. The minimum Gasteiger partial charge on any atom is -0.337 e. The molecule has 0 atom stereocenters. The molecule has 0 saturated heterocycles. The molecule has 3 heteroatoms. The Morgan fingerprint density at radius 2 is 0.970 bits per heavy atom. The van der Waals surface area contributed by atoms with Crippen molar-refractivity contribution < 1.29 is 4.79 Å². The summed E-state index contributed by atoms with van der Waals surface area (Å²) in [6.45, 7) is 4.46. The minimum atomic E-state index is -0.827. The number of nitrogens with one attached hydrogen (secondary N) is 2. The van der Waals surface area contributed by atoms with Crippen LogP contribution < -0.4 is 10.6 Å². The minimum absolute atomic E-state index is 0.0741. The van der Waals surface area contributed by atoms with Crippen molar-refractivity contribution in [3.05, 3.63) is 144 Å². The third-order valence-corrected chi connectivity index (χ3v) is 6.07. The highest BCUT2D eigenvalue weighted by molar-refractivity contribution is 5.87. The van der Waals surface area contributed by atoms with Gasteiger partial charge in [-0.1, -0.05) is 121 Å². The van der Waals surface area contributed by atoms with E-state index in [1.54, 1.807) is 0 Å². The summed E-state index contributed by atoms with van der Waals surface area (Å²) in [4.78, 5) is 13.8. The molecule has 0 spiro atoms. The summed E-state index contributed by atoms with van der Waals surface area (Å²) in [5.41, 5.74) is 2.55. The van der Waals surface area contributed by atoms with E-state index in [4.69, 9.17) is 0 Å². The van der Waals surface area contributed by atoms with Crippen molar-refractivity contribution in [1.82, 2.24) is 10.6 Å². The molecular weight excluding hydrogens is 404 g/mol. The van der Waals surface area contributed by atoms with Crippen molar-refractivity contribution in [2.75, 3.05) is 0 Å². The molecule has 4 rings (SSSR count). The Bertz CT molecular complexity index is 1060. The van der Waals surface area contributed by atoms with Gasteiger partial charge in [-0.05, 0) is 36.1 Å². The molecule has 2 N–H and O–H groups in total. The van der Waals surface area contributed by atoms with Crippen molar-refractivity contribution in [1.29, 1.82) is 0 Å². The molecule has 0 aromatic heterocycles. The third kappa shape index (κ3) is 4.89. The molecule has 0 heterocycles. The summed E-state index contributed by atoms with van der Waals surface area (Å²) in [5, 5.41) is 6.89. The van der Waals surface area contributed by atoms with E-state index in [1.807, 2.05) is 86.6 Å². The molecule has 166 valence electrons. The predicted molar refractivity (Wildman–Crippen MR) is 135 cm³/mol. The van der Waals surface area contributed by atoms with Crippen LogP contribution in [0.3, 0.4) is 0 Å². The molecule has 0 aliphatic heterocycles. The maximum atomic E-state index is 13.8. The Labute approximate surface area is 196 Å². The number of hydrogen-bond acceptors (Lipinski definition) is 2. The lowest BCUT2D eigenvalue weighted by atomic mass is 9.76. The van der Waals surface area contributed by atoms with Crippen LogP contribution in [-0.2, 0) is 16.9 Å². The third-order valence-electron chi connectivity index (χ3n) is 6.07. The van der Waals surface area contributed by atoms with Gasteiger partial charge in [0.2, 0.25) is 5.91 Å². The Hall–Kier alpha value is -3.69. The monoisotopic (exact) mass is 434 g/mol. The molecule has 0 aliphatic carbocycles. The highest BCUT2D eigenvalue weighted by atomic mass is 16.2. The van der Waals surface area contributed by atoms with Gasteiger partial charge in [0.1, 0.15) is 5.54 Å². The molecule has 4 aromatic rings. The van der Waals surface area contributed by atoms with Crippen molar-refractivity contribution in [2.24, 2.45) is 0 Å². The van der Waals surface area contributed by atoms with Gasteiger partial charge in [0.25, 0.3) is 0 Å². The van der Waals surface area contributed by atoms with Gasteiger partial charge in [-0.25, -0.2) is 0 Å². The Morgan fingerprint density at radius 3 is 1.36 bits per heavy atom. The highest BCUT2D eigenvalue weighted by Crippen LogP contribution is 2.37. The summed E-state index contributed by atoms with van der Waals surface area (Å²) >= 11 is 0. The van der Waals surface area contributed by atoms with Crippen LogP contribution in [0.15, 0.2) is 121 Å². The molecule has 1 amide bonds. The van der Waals surface area contributed by atoms with E-state index in [0.29, 0.717) is 6.54 Å². The second-order valence-electron chi connectivity index (χ2n) is 8.77. The first-order chi connectivity index (χ1) is 16.0. The zero-order valence-corrected chi connectivity index (χ0v) is 19.2. The number of carbonyl (C=O) groups is 1. The molecule has 0 fully saturated rings. The van der Waals surface area contributed by atoms with E-state index in [2.05, 4.69) is 59.2 Å². The summed E-state index contributed by atoms with van der Waals surface area (Å²) in [6, 6.07) is 40.7. The summed E-state index contributed by atoms with van der Waals surface area (Å²) in [6.07, 6.45) is 0. The smallest absolute Gasteiger partial charge is 0.240 e. The lowest BCUT2D eigenvalue weighted by Crippen LogP contribution is -2.58. The second-order valence-corrected chi connectivity index (χ2v) is 8.77. The maximum Gasteiger partial charge on any atom is 0.240 e. The van der Waals surface area contributed by atoms with Crippen molar-refractivity contribution in [2.45, 2.75) is 31.5 Å². The Kier molecular flexibility index (Phi) is 6.71. The number of benzene rings is 4. The van der Waals surface area contributed by atoms with Crippen LogP contribution >= 0.6 is 0 Å².